The number of pyridine rings is 1. The molecular weight excluding hydrogens is 304 g/mol. The molecule has 2 aromatic rings. The normalized spacial score (nSPS) is 18.2. The van der Waals surface area contributed by atoms with Crippen LogP contribution >= 0.6 is 0 Å². The Morgan fingerprint density at radius 2 is 2.08 bits per heavy atom. The number of rotatable bonds is 5. The summed E-state index contributed by atoms with van der Waals surface area (Å²) in [5, 5.41) is 2.87. The van der Waals surface area contributed by atoms with Gasteiger partial charge in [-0.15, -0.1) is 0 Å². The molecule has 0 saturated carbocycles. The molecular formula is C18H22N4O2. The average molecular weight is 326 g/mol. The van der Waals surface area contributed by atoms with Crippen molar-refractivity contribution in [1.29, 1.82) is 0 Å². The number of benzene rings is 1. The van der Waals surface area contributed by atoms with E-state index in [4.69, 9.17) is 10.5 Å². The van der Waals surface area contributed by atoms with E-state index in [1.165, 1.54) is 5.56 Å². The number of anilines is 1. The summed E-state index contributed by atoms with van der Waals surface area (Å²) in [5.74, 6) is 0.108. The lowest BCUT2D eigenvalue weighted by molar-refractivity contribution is -0.0292. The predicted molar refractivity (Wildman–Crippen MR) is 92.4 cm³/mol. The van der Waals surface area contributed by atoms with Gasteiger partial charge in [-0.2, -0.15) is 0 Å². The Hall–Kier alpha value is -2.44. The maximum absolute atomic E-state index is 12.1. The van der Waals surface area contributed by atoms with Gasteiger partial charge in [0.15, 0.2) is 0 Å². The fourth-order valence-corrected chi connectivity index (χ4v) is 2.76. The summed E-state index contributed by atoms with van der Waals surface area (Å²) in [6.07, 6.45) is -0.0209. The van der Waals surface area contributed by atoms with Gasteiger partial charge in [0.2, 0.25) is 0 Å². The minimum Gasteiger partial charge on any atom is -0.384 e. The van der Waals surface area contributed by atoms with E-state index in [1.54, 1.807) is 18.2 Å². The number of carbonyl (C=O) groups is 1. The first-order valence-corrected chi connectivity index (χ1v) is 8.09. The average Bonchev–Trinajstić information content (AvgIpc) is 2.61. The number of aromatic nitrogens is 1. The molecule has 126 valence electrons. The van der Waals surface area contributed by atoms with Crippen molar-refractivity contribution in [2.75, 3.05) is 32.0 Å². The number of amides is 1. The van der Waals surface area contributed by atoms with Crippen LogP contribution in [0.3, 0.4) is 0 Å². The maximum atomic E-state index is 12.1. The smallest absolute Gasteiger partial charge is 0.270 e. The highest BCUT2D eigenvalue weighted by molar-refractivity contribution is 5.92. The van der Waals surface area contributed by atoms with Gasteiger partial charge in [-0.3, -0.25) is 9.69 Å². The molecule has 0 spiro atoms. The van der Waals surface area contributed by atoms with Gasteiger partial charge in [0.1, 0.15) is 11.5 Å². The van der Waals surface area contributed by atoms with Crippen molar-refractivity contribution in [3.05, 3.63) is 59.8 Å². The van der Waals surface area contributed by atoms with Gasteiger partial charge in [0, 0.05) is 26.2 Å². The summed E-state index contributed by atoms with van der Waals surface area (Å²) in [6.45, 7) is 3.71. The zero-order chi connectivity index (χ0) is 16.8. The van der Waals surface area contributed by atoms with Gasteiger partial charge in [0.05, 0.1) is 12.7 Å². The van der Waals surface area contributed by atoms with Crippen molar-refractivity contribution in [3.8, 4) is 0 Å². The van der Waals surface area contributed by atoms with E-state index in [1.807, 2.05) is 18.2 Å². The molecule has 1 aliphatic heterocycles. The second kappa shape index (κ2) is 7.90. The Balaban J connectivity index is 1.49. The van der Waals surface area contributed by atoms with Crippen LogP contribution in [0.15, 0.2) is 48.5 Å². The van der Waals surface area contributed by atoms with Crippen LogP contribution in [0.5, 0.6) is 0 Å². The van der Waals surface area contributed by atoms with E-state index >= 15 is 0 Å². The van der Waals surface area contributed by atoms with Crippen LogP contribution in [-0.2, 0) is 11.3 Å². The van der Waals surface area contributed by atoms with Crippen LogP contribution in [0.2, 0.25) is 0 Å². The van der Waals surface area contributed by atoms with E-state index in [9.17, 15) is 4.79 Å². The molecule has 0 radical (unpaired) electrons. The number of nitrogen functional groups attached to an aromatic ring is 1. The topological polar surface area (TPSA) is 80.5 Å². The summed E-state index contributed by atoms with van der Waals surface area (Å²) in [5.41, 5.74) is 7.21. The number of carbonyl (C=O) groups excluding carboxylic acids is 1. The lowest BCUT2D eigenvalue weighted by Crippen LogP contribution is -2.47. The van der Waals surface area contributed by atoms with Gasteiger partial charge in [-0.25, -0.2) is 4.98 Å². The Bertz CT molecular complexity index is 678. The summed E-state index contributed by atoms with van der Waals surface area (Å²) in [6, 6.07) is 15.4. The number of ether oxygens (including phenoxy) is 1. The molecule has 1 saturated heterocycles. The Morgan fingerprint density at radius 3 is 2.88 bits per heavy atom. The van der Waals surface area contributed by atoms with Crippen LogP contribution in [0.4, 0.5) is 5.82 Å². The highest BCUT2D eigenvalue weighted by atomic mass is 16.5. The molecule has 0 bridgehead atoms. The van der Waals surface area contributed by atoms with Crippen LogP contribution in [0.25, 0.3) is 0 Å². The number of hydrogen-bond donors (Lipinski definition) is 2. The van der Waals surface area contributed by atoms with Crippen molar-refractivity contribution in [1.82, 2.24) is 15.2 Å². The highest BCUT2D eigenvalue weighted by Crippen LogP contribution is 2.10. The molecule has 1 amide bonds. The molecule has 6 nitrogen and oxygen atoms in total. The lowest BCUT2D eigenvalue weighted by Gasteiger charge is -2.33. The van der Waals surface area contributed by atoms with Crippen molar-refractivity contribution in [2.24, 2.45) is 0 Å². The number of nitrogens with zero attached hydrogens (tertiary/aromatic N) is 2. The Kier molecular flexibility index (Phi) is 5.40. The third-order valence-corrected chi connectivity index (χ3v) is 3.97. The summed E-state index contributed by atoms with van der Waals surface area (Å²) < 4.78 is 5.75. The Labute approximate surface area is 141 Å². The molecule has 1 atom stereocenters. The molecule has 2 heterocycles. The highest BCUT2D eigenvalue weighted by Gasteiger charge is 2.21. The molecule has 1 aliphatic rings. The predicted octanol–water partition coefficient (Wildman–Crippen LogP) is 1.29. The molecule has 3 N–H and O–H groups in total. The maximum Gasteiger partial charge on any atom is 0.270 e. The molecule has 6 heteroatoms. The van der Waals surface area contributed by atoms with Crippen LogP contribution in [0, 0.1) is 0 Å². The summed E-state index contributed by atoms with van der Waals surface area (Å²) >= 11 is 0. The fraction of sp³-hybridized carbons (Fsp3) is 0.333. The van der Waals surface area contributed by atoms with E-state index in [0.717, 1.165) is 19.6 Å². The summed E-state index contributed by atoms with van der Waals surface area (Å²) in [4.78, 5) is 18.5. The van der Waals surface area contributed by atoms with E-state index in [-0.39, 0.29) is 12.0 Å². The lowest BCUT2D eigenvalue weighted by atomic mass is 10.2. The van der Waals surface area contributed by atoms with Crippen molar-refractivity contribution < 1.29 is 9.53 Å². The first kappa shape index (κ1) is 16.4. The second-order valence-corrected chi connectivity index (χ2v) is 5.87. The molecule has 1 fully saturated rings. The van der Waals surface area contributed by atoms with Crippen molar-refractivity contribution in [3.63, 3.8) is 0 Å². The van der Waals surface area contributed by atoms with E-state index < -0.39 is 0 Å². The van der Waals surface area contributed by atoms with Gasteiger partial charge >= 0.3 is 0 Å². The van der Waals surface area contributed by atoms with Crippen molar-refractivity contribution >= 4 is 11.7 Å². The molecule has 0 aliphatic carbocycles. The second-order valence-electron chi connectivity index (χ2n) is 5.87. The Morgan fingerprint density at radius 1 is 1.25 bits per heavy atom. The van der Waals surface area contributed by atoms with Crippen LogP contribution in [0.1, 0.15) is 16.1 Å². The van der Waals surface area contributed by atoms with Crippen molar-refractivity contribution in [2.45, 2.75) is 12.6 Å². The van der Waals surface area contributed by atoms with E-state index in [2.05, 4.69) is 27.3 Å². The van der Waals surface area contributed by atoms with Gasteiger partial charge in [-0.1, -0.05) is 36.4 Å². The van der Waals surface area contributed by atoms with Crippen LogP contribution in [-0.4, -0.2) is 48.1 Å². The first-order chi connectivity index (χ1) is 11.7. The summed E-state index contributed by atoms with van der Waals surface area (Å²) in [7, 11) is 0. The zero-order valence-corrected chi connectivity index (χ0v) is 13.5. The minimum absolute atomic E-state index is 0.0209. The van der Waals surface area contributed by atoms with E-state index in [0.29, 0.717) is 24.7 Å². The largest absolute Gasteiger partial charge is 0.384 e. The number of morpholine rings is 1. The first-order valence-electron chi connectivity index (χ1n) is 8.09. The monoisotopic (exact) mass is 326 g/mol. The number of nitrogens with one attached hydrogen (secondary N) is 1. The molecule has 24 heavy (non-hydrogen) atoms. The third-order valence-electron chi connectivity index (χ3n) is 3.97. The third kappa shape index (κ3) is 4.53. The van der Waals surface area contributed by atoms with Gasteiger partial charge < -0.3 is 15.8 Å². The quantitative estimate of drug-likeness (QED) is 0.865. The molecule has 3 rings (SSSR count). The molecule has 1 aromatic carbocycles. The fourth-order valence-electron chi connectivity index (χ4n) is 2.76. The SMILES string of the molecule is Nc1cccc(C(=O)NCC2CN(Cc3ccccc3)CCO2)n1. The standard InChI is InChI=1S/C18H22N4O2/c19-17-8-4-7-16(21-17)18(23)20-11-15-13-22(9-10-24-15)12-14-5-2-1-3-6-14/h1-8,15H,9-13H2,(H2,19,21)(H,20,23). The van der Waals surface area contributed by atoms with Crippen LogP contribution < -0.4 is 11.1 Å². The molecule has 1 aromatic heterocycles. The minimum atomic E-state index is -0.230. The number of hydrogen-bond acceptors (Lipinski definition) is 5. The van der Waals surface area contributed by atoms with Gasteiger partial charge in [0.25, 0.3) is 5.91 Å². The van der Waals surface area contributed by atoms with Gasteiger partial charge in [-0.05, 0) is 17.7 Å². The zero-order valence-electron chi connectivity index (χ0n) is 13.5. The molecule has 1 unspecified atom stereocenters. The number of nitrogens with two attached hydrogens (primary N) is 1.